The van der Waals surface area contributed by atoms with Crippen molar-refractivity contribution >= 4 is 17.5 Å². The van der Waals surface area contributed by atoms with Gasteiger partial charge in [-0.3, -0.25) is 14.5 Å². The Hall–Kier alpha value is -2.32. The predicted molar refractivity (Wildman–Crippen MR) is 83.5 cm³/mol. The molecule has 1 aromatic rings. The smallest absolute Gasteiger partial charge is 0.313 e. The Morgan fingerprint density at radius 1 is 1.13 bits per heavy atom. The molecule has 0 aliphatic carbocycles. The van der Waals surface area contributed by atoms with E-state index in [0.717, 1.165) is 32.7 Å². The van der Waals surface area contributed by atoms with Gasteiger partial charge in [-0.2, -0.15) is 0 Å². The number of hydrogen-bond acceptors (Lipinski definition) is 6. The van der Waals surface area contributed by atoms with Gasteiger partial charge in [0.25, 0.3) is 0 Å². The van der Waals surface area contributed by atoms with E-state index in [2.05, 4.69) is 20.9 Å². The number of fused-ring (bicyclic) bond motifs is 1. The first-order chi connectivity index (χ1) is 11.2. The third kappa shape index (κ3) is 4.11. The van der Waals surface area contributed by atoms with Crippen molar-refractivity contribution in [1.29, 1.82) is 0 Å². The van der Waals surface area contributed by atoms with Crippen molar-refractivity contribution < 1.29 is 19.1 Å². The zero-order valence-corrected chi connectivity index (χ0v) is 12.8. The maximum atomic E-state index is 11.9. The molecule has 0 radical (unpaired) electrons. The first-order valence-corrected chi connectivity index (χ1v) is 7.64. The fourth-order valence-electron chi connectivity index (χ4n) is 2.50. The van der Waals surface area contributed by atoms with E-state index in [-0.39, 0.29) is 6.79 Å². The second-order valence-corrected chi connectivity index (χ2v) is 5.37. The van der Waals surface area contributed by atoms with E-state index in [1.165, 1.54) is 0 Å². The molecular formula is C15H20N4O4. The van der Waals surface area contributed by atoms with Crippen LogP contribution in [0.2, 0.25) is 0 Å². The summed E-state index contributed by atoms with van der Waals surface area (Å²) in [6.45, 7) is 5.19. The van der Waals surface area contributed by atoms with Crippen LogP contribution in [0.4, 0.5) is 5.69 Å². The zero-order chi connectivity index (χ0) is 16.1. The lowest BCUT2D eigenvalue weighted by Gasteiger charge is -2.26. The minimum atomic E-state index is -0.691. The van der Waals surface area contributed by atoms with Gasteiger partial charge in [0.05, 0.1) is 0 Å². The van der Waals surface area contributed by atoms with E-state index in [1.54, 1.807) is 18.2 Å². The van der Waals surface area contributed by atoms with E-state index in [9.17, 15) is 9.59 Å². The van der Waals surface area contributed by atoms with Gasteiger partial charge in [0, 0.05) is 51.0 Å². The number of carbonyl (C=O) groups excluding carboxylic acids is 2. The van der Waals surface area contributed by atoms with Crippen LogP contribution < -0.4 is 25.4 Å². The number of benzene rings is 1. The molecule has 1 fully saturated rings. The summed E-state index contributed by atoms with van der Waals surface area (Å²) in [6, 6.07) is 4.99. The minimum Gasteiger partial charge on any atom is -0.454 e. The Labute approximate surface area is 134 Å². The second kappa shape index (κ2) is 7.30. The van der Waals surface area contributed by atoms with Gasteiger partial charge in [0.2, 0.25) is 6.79 Å². The predicted octanol–water partition coefficient (Wildman–Crippen LogP) is -0.625. The van der Waals surface area contributed by atoms with Crippen LogP contribution in [0.3, 0.4) is 0 Å². The van der Waals surface area contributed by atoms with Crippen LogP contribution in [0.15, 0.2) is 18.2 Å². The van der Waals surface area contributed by atoms with E-state index >= 15 is 0 Å². The number of rotatable bonds is 4. The molecule has 124 valence electrons. The zero-order valence-electron chi connectivity index (χ0n) is 12.8. The molecule has 0 saturated carbocycles. The van der Waals surface area contributed by atoms with E-state index in [1.807, 2.05) is 0 Å². The molecule has 3 rings (SSSR count). The van der Waals surface area contributed by atoms with E-state index in [0.29, 0.717) is 23.7 Å². The Kier molecular flexibility index (Phi) is 4.94. The van der Waals surface area contributed by atoms with Crippen molar-refractivity contribution in [1.82, 2.24) is 15.5 Å². The quantitative estimate of drug-likeness (QED) is 0.640. The Bertz CT molecular complexity index is 587. The van der Waals surface area contributed by atoms with Crippen LogP contribution in [-0.2, 0) is 9.59 Å². The monoisotopic (exact) mass is 320 g/mol. The van der Waals surface area contributed by atoms with Crippen LogP contribution in [0.25, 0.3) is 0 Å². The number of anilines is 1. The summed E-state index contributed by atoms with van der Waals surface area (Å²) in [5, 5.41) is 8.45. The van der Waals surface area contributed by atoms with E-state index < -0.39 is 11.8 Å². The molecule has 2 aliphatic heterocycles. The molecule has 0 bridgehead atoms. The summed E-state index contributed by atoms with van der Waals surface area (Å²) in [6.07, 6.45) is 0. The number of ether oxygens (including phenoxy) is 2. The Morgan fingerprint density at radius 2 is 1.91 bits per heavy atom. The number of nitrogens with zero attached hydrogens (tertiary/aromatic N) is 1. The maximum absolute atomic E-state index is 11.9. The van der Waals surface area contributed by atoms with Gasteiger partial charge in [-0.15, -0.1) is 0 Å². The van der Waals surface area contributed by atoms with Gasteiger partial charge >= 0.3 is 11.8 Å². The molecule has 0 spiro atoms. The molecule has 2 aliphatic rings. The van der Waals surface area contributed by atoms with Crippen molar-refractivity contribution in [2.24, 2.45) is 0 Å². The Balaban J connectivity index is 1.43. The summed E-state index contributed by atoms with van der Waals surface area (Å²) in [5.74, 6) is -0.146. The summed E-state index contributed by atoms with van der Waals surface area (Å²) >= 11 is 0. The second-order valence-electron chi connectivity index (χ2n) is 5.37. The third-order valence-electron chi connectivity index (χ3n) is 3.76. The molecule has 1 saturated heterocycles. The van der Waals surface area contributed by atoms with Crippen LogP contribution >= 0.6 is 0 Å². The highest BCUT2D eigenvalue weighted by Crippen LogP contribution is 2.34. The molecule has 1 aromatic carbocycles. The average Bonchev–Trinajstić information content (AvgIpc) is 3.03. The summed E-state index contributed by atoms with van der Waals surface area (Å²) < 4.78 is 10.4. The van der Waals surface area contributed by atoms with Crippen molar-refractivity contribution in [2.45, 2.75) is 0 Å². The van der Waals surface area contributed by atoms with Gasteiger partial charge in [0.1, 0.15) is 0 Å². The first kappa shape index (κ1) is 15.6. The molecule has 8 nitrogen and oxygen atoms in total. The minimum absolute atomic E-state index is 0.166. The van der Waals surface area contributed by atoms with Gasteiger partial charge in [0.15, 0.2) is 11.5 Å². The normalized spacial score (nSPS) is 16.9. The fraction of sp³-hybridized carbons (Fsp3) is 0.467. The third-order valence-corrected chi connectivity index (χ3v) is 3.76. The van der Waals surface area contributed by atoms with Crippen LogP contribution in [0, 0.1) is 0 Å². The molecule has 0 unspecified atom stereocenters. The van der Waals surface area contributed by atoms with Gasteiger partial charge in [-0.1, -0.05) is 0 Å². The SMILES string of the molecule is O=C(NCCN1CCNCC1)C(=O)Nc1ccc2c(c1)OCO2. The summed E-state index contributed by atoms with van der Waals surface area (Å²) in [4.78, 5) is 25.9. The molecule has 8 heteroatoms. The highest BCUT2D eigenvalue weighted by atomic mass is 16.7. The first-order valence-electron chi connectivity index (χ1n) is 7.64. The standard InChI is InChI=1S/C15H20N4O4/c20-14(17-5-8-19-6-3-16-4-7-19)15(21)18-11-1-2-12-13(9-11)23-10-22-12/h1-2,9,16H,3-8,10H2,(H,17,20)(H,18,21). The number of carbonyl (C=O) groups is 2. The van der Waals surface area contributed by atoms with Crippen molar-refractivity contribution in [3.63, 3.8) is 0 Å². The molecule has 2 amide bonds. The van der Waals surface area contributed by atoms with E-state index in [4.69, 9.17) is 9.47 Å². The topological polar surface area (TPSA) is 91.9 Å². The molecule has 2 heterocycles. The molecular weight excluding hydrogens is 300 g/mol. The van der Waals surface area contributed by atoms with Crippen molar-refractivity contribution in [2.75, 3.05) is 51.4 Å². The van der Waals surface area contributed by atoms with Crippen molar-refractivity contribution in [3.05, 3.63) is 18.2 Å². The molecule has 23 heavy (non-hydrogen) atoms. The summed E-state index contributed by atoms with van der Waals surface area (Å²) in [5.41, 5.74) is 0.497. The van der Waals surface area contributed by atoms with Crippen LogP contribution in [0.1, 0.15) is 0 Å². The average molecular weight is 320 g/mol. The molecule has 3 N–H and O–H groups in total. The Morgan fingerprint density at radius 3 is 2.74 bits per heavy atom. The highest BCUT2D eigenvalue weighted by Gasteiger charge is 2.17. The molecule has 0 aromatic heterocycles. The van der Waals surface area contributed by atoms with Crippen LogP contribution in [0.5, 0.6) is 11.5 Å². The number of hydrogen-bond donors (Lipinski definition) is 3. The van der Waals surface area contributed by atoms with Gasteiger partial charge < -0.3 is 25.4 Å². The van der Waals surface area contributed by atoms with Gasteiger partial charge in [-0.05, 0) is 12.1 Å². The number of amides is 2. The lowest BCUT2D eigenvalue weighted by molar-refractivity contribution is -0.136. The summed E-state index contributed by atoms with van der Waals surface area (Å²) in [7, 11) is 0. The maximum Gasteiger partial charge on any atom is 0.313 e. The largest absolute Gasteiger partial charge is 0.454 e. The highest BCUT2D eigenvalue weighted by molar-refractivity contribution is 6.39. The van der Waals surface area contributed by atoms with Crippen molar-refractivity contribution in [3.8, 4) is 11.5 Å². The van der Waals surface area contributed by atoms with Gasteiger partial charge in [-0.25, -0.2) is 0 Å². The number of piperazine rings is 1. The van der Waals surface area contributed by atoms with Crippen LogP contribution in [-0.4, -0.2) is 62.8 Å². The fourth-order valence-corrected chi connectivity index (χ4v) is 2.50. The lowest BCUT2D eigenvalue weighted by Crippen LogP contribution is -2.47. The molecule has 0 atom stereocenters. The lowest BCUT2D eigenvalue weighted by atomic mass is 10.2. The number of nitrogens with one attached hydrogen (secondary N) is 3.